The number of carbonyl (C=O) groups excluding carboxylic acids is 2. The highest BCUT2D eigenvalue weighted by Gasteiger charge is 2.54. The summed E-state index contributed by atoms with van der Waals surface area (Å²) in [5, 5.41) is 0. The fourth-order valence-corrected chi connectivity index (χ4v) is 4.14. The summed E-state index contributed by atoms with van der Waals surface area (Å²) in [5.74, 6) is -0.179. The minimum absolute atomic E-state index is 0.0436. The van der Waals surface area contributed by atoms with Crippen LogP contribution in [-0.2, 0) is 14.3 Å². The lowest BCUT2D eigenvalue weighted by atomic mass is 9.71. The van der Waals surface area contributed by atoms with Crippen molar-refractivity contribution >= 4 is 12.1 Å². The molecule has 0 aromatic carbocycles. The third-order valence-corrected chi connectivity index (χ3v) is 4.74. The largest absolute Gasteiger partial charge is 0.469 e. The topological polar surface area (TPSA) is 55.8 Å². The van der Waals surface area contributed by atoms with E-state index in [2.05, 4.69) is 6.58 Å². The molecule has 0 spiro atoms. The molecule has 2 saturated heterocycles. The summed E-state index contributed by atoms with van der Waals surface area (Å²) in [6, 6.07) is 0.0871. The smallest absolute Gasteiger partial charge is 0.410 e. The maximum absolute atomic E-state index is 12.5. The zero-order valence-electron chi connectivity index (χ0n) is 15.0. The number of amides is 1. The first-order chi connectivity index (χ1) is 10.6. The lowest BCUT2D eigenvalue weighted by Crippen LogP contribution is -2.54. The molecule has 2 aliphatic heterocycles. The number of rotatable bonds is 3. The van der Waals surface area contributed by atoms with Crippen molar-refractivity contribution in [1.82, 2.24) is 4.90 Å². The van der Waals surface area contributed by atoms with Crippen molar-refractivity contribution in [3.63, 3.8) is 0 Å². The Morgan fingerprint density at radius 3 is 2.13 bits per heavy atom. The zero-order chi connectivity index (χ0) is 17.4. The van der Waals surface area contributed by atoms with E-state index in [0.717, 1.165) is 18.4 Å². The van der Waals surface area contributed by atoms with Gasteiger partial charge in [-0.25, -0.2) is 4.79 Å². The molecule has 2 bridgehead atoms. The summed E-state index contributed by atoms with van der Waals surface area (Å²) in [5.41, 5.74) is -0.0868. The molecule has 2 heterocycles. The fourth-order valence-electron chi connectivity index (χ4n) is 4.14. The third kappa shape index (κ3) is 3.70. The van der Waals surface area contributed by atoms with Gasteiger partial charge in [0.2, 0.25) is 0 Å². The molecule has 0 radical (unpaired) electrons. The molecule has 5 nitrogen and oxygen atoms in total. The first-order valence-electron chi connectivity index (χ1n) is 8.32. The van der Waals surface area contributed by atoms with Crippen LogP contribution in [0.15, 0.2) is 12.2 Å². The first kappa shape index (κ1) is 17.8. The molecule has 1 amide bonds. The number of allylic oxidation sites excluding steroid dienone is 1. The van der Waals surface area contributed by atoms with Gasteiger partial charge in [-0.3, -0.25) is 4.79 Å². The molecule has 0 aromatic heterocycles. The second-order valence-corrected chi connectivity index (χ2v) is 8.09. The maximum atomic E-state index is 12.5. The number of hydrogen-bond donors (Lipinski definition) is 0. The van der Waals surface area contributed by atoms with Crippen molar-refractivity contribution in [1.29, 1.82) is 0 Å². The van der Waals surface area contributed by atoms with Gasteiger partial charge in [0.1, 0.15) is 5.60 Å². The average molecular weight is 323 g/mol. The van der Waals surface area contributed by atoms with Gasteiger partial charge in [0, 0.05) is 12.1 Å². The summed E-state index contributed by atoms with van der Waals surface area (Å²) >= 11 is 0. The fraction of sp³-hybridized carbons (Fsp3) is 0.778. The van der Waals surface area contributed by atoms with Gasteiger partial charge < -0.3 is 14.4 Å². The molecule has 0 saturated carbocycles. The monoisotopic (exact) mass is 323 g/mol. The SMILES string of the molecule is C=C(C)CC1(C(=O)OC)CC2CCC(C1)N2C(=O)OC(C)(C)C. The van der Waals surface area contributed by atoms with Crippen LogP contribution in [0.1, 0.15) is 59.8 Å². The summed E-state index contributed by atoms with van der Waals surface area (Å²) < 4.78 is 10.6. The number of methoxy groups -OCH3 is 1. The standard InChI is InChI=1S/C18H29NO4/c1-12(2)9-18(15(20)22-6)10-13-7-8-14(11-18)19(13)16(21)23-17(3,4)5/h13-14H,1,7-11H2,2-6H3. The van der Waals surface area contributed by atoms with Gasteiger partial charge in [0.05, 0.1) is 12.5 Å². The van der Waals surface area contributed by atoms with Gasteiger partial charge >= 0.3 is 12.1 Å². The Bertz CT molecular complexity index is 492. The number of nitrogens with zero attached hydrogens (tertiary/aromatic N) is 1. The van der Waals surface area contributed by atoms with E-state index in [0.29, 0.717) is 19.3 Å². The Kier molecular flexibility index (Phi) is 4.79. The number of ether oxygens (including phenoxy) is 2. The molecule has 2 atom stereocenters. The van der Waals surface area contributed by atoms with E-state index in [4.69, 9.17) is 9.47 Å². The first-order valence-corrected chi connectivity index (χ1v) is 8.32. The molecular weight excluding hydrogens is 294 g/mol. The van der Waals surface area contributed by atoms with Gasteiger partial charge in [-0.2, -0.15) is 0 Å². The van der Waals surface area contributed by atoms with Crippen LogP contribution in [0.3, 0.4) is 0 Å². The Balaban J connectivity index is 2.21. The maximum Gasteiger partial charge on any atom is 0.410 e. The molecule has 2 rings (SSSR count). The van der Waals surface area contributed by atoms with Crippen molar-refractivity contribution in [3.8, 4) is 0 Å². The highest BCUT2D eigenvalue weighted by Crippen LogP contribution is 2.49. The van der Waals surface area contributed by atoms with Crippen LogP contribution >= 0.6 is 0 Å². The molecule has 0 aliphatic carbocycles. The van der Waals surface area contributed by atoms with Gasteiger partial charge in [-0.05, 0) is 59.8 Å². The predicted octanol–water partition coefficient (Wildman–Crippen LogP) is 3.67. The van der Waals surface area contributed by atoms with E-state index in [1.807, 2.05) is 32.6 Å². The van der Waals surface area contributed by atoms with Gasteiger partial charge in [0.15, 0.2) is 0 Å². The molecule has 2 fully saturated rings. The van der Waals surface area contributed by atoms with E-state index >= 15 is 0 Å². The third-order valence-electron chi connectivity index (χ3n) is 4.74. The number of carbonyl (C=O) groups is 2. The second-order valence-electron chi connectivity index (χ2n) is 8.09. The van der Waals surface area contributed by atoms with E-state index in [-0.39, 0.29) is 24.1 Å². The van der Waals surface area contributed by atoms with Crippen LogP contribution in [-0.4, -0.2) is 41.8 Å². The molecule has 0 N–H and O–H groups in total. The molecule has 0 aromatic rings. The minimum atomic E-state index is -0.551. The van der Waals surface area contributed by atoms with Crippen LogP contribution in [0.25, 0.3) is 0 Å². The van der Waals surface area contributed by atoms with Crippen molar-refractivity contribution in [2.24, 2.45) is 5.41 Å². The second kappa shape index (κ2) is 6.17. The van der Waals surface area contributed by atoms with E-state index in [1.54, 1.807) is 0 Å². The highest BCUT2D eigenvalue weighted by atomic mass is 16.6. The van der Waals surface area contributed by atoms with Gasteiger partial charge in [-0.1, -0.05) is 5.57 Å². The Hall–Kier alpha value is -1.52. The van der Waals surface area contributed by atoms with Crippen molar-refractivity contribution in [3.05, 3.63) is 12.2 Å². The number of piperidine rings is 1. The van der Waals surface area contributed by atoms with Gasteiger partial charge in [0.25, 0.3) is 0 Å². The number of fused-ring (bicyclic) bond motifs is 2. The summed E-state index contributed by atoms with van der Waals surface area (Å²) in [6.07, 6.45) is 3.44. The normalized spacial score (nSPS) is 30.0. The van der Waals surface area contributed by atoms with Crippen molar-refractivity contribution in [2.75, 3.05) is 7.11 Å². The van der Waals surface area contributed by atoms with Crippen molar-refractivity contribution in [2.45, 2.75) is 77.5 Å². The van der Waals surface area contributed by atoms with E-state index < -0.39 is 11.0 Å². The summed E-state index contributed by atoms with van der Waals surface area (Å²) in [7, 11) is 1.44. The van der Waals surface area contributed by atoms with Crippen LogP contribution in [0.5, 0.6) is 0 Å². The molecule has 2 unspecified atom stereocenters. The highest BCUT2D eigenvalue weighted by molar-refractivity contribution is 5.78. The van der Waals surface area contributed by atoms with Gasteiger partial charge in [-0.15, -0.1) is 6.58 Å². The van der Waals surface area contributed by atoms with Crippen LogP contribution < -0.4 is 0 Å². The lowest BCUT2D eigenvalue weighted by Gasteiger charge is -2.45. The van der Waals surface area contributed by atoms with E-state index in [9.17, 15) is 9.59 Å². The van der Waals surface area contributed by atoms with Crippen LogP contribution in [0, 0.1) is 5.41 Å². The Labute approximate surface area is 139 Å². The summed E-state index contributed by atoms with van der Waals surface area (Å²) in [4.78, 5) is 26.8. The lowest BCUT2D eigenvalue weighted by molar-refractivity contribution is -0.157. The Morgan fingerprint density at radius 2 is 1.74 bits per heavy atom. The van der Waals surface area contributed by atoms with Crippen LogP contribution in [0.4, 0.5) is 4.79 Å². The molecule has 5 heteroatoms. The zero-order valence-corrected chi connectivity index (χ0v) is 15.0. The average Bonchev–Trinajstić information content (AvgIpc) is 2.68. The quantitative estimate of drug-likeness (QED) is 0.587. The number of hydrogen-bond acceptors (Lipinski definition) is 4. The van der Waals surface area contributed by atoms with Crippen LogP contribution in [0.2, 0.25) is 0 Å². The van der Waals surface area contributed by atoms with Crippen molar-refractivity contribution < 1.29 is 19.1 Å². The molecule has 23 heavy (non-hydrogen) atoms. The number of esters is 1. The molecular formula is C18H29NO4. The molecule has 130 valence electrons. The predicted molar refractivity (Wildman–Crippen MR) is 88.0 cm³/mol. The molecule has 2 aliphatic rings. The minimum Gasteiger partial charge on any atom is -0.469 e. The van der Waals surface area contributed by atoms with E-state index in [1.165, 1.54) is 7.11 Å². The Morgan fingerprint density at radius 1 is 1.22 bits per heavy atom. The summed E-state index contributed by atoms with van der Waals surface area (Å²) in [6.45, 7) is 11.5.